The maximum absolute atomic E-state index is 12.2. The maximum Gasteiger partial charge on any atom is 0.241 e. The molecule has 0 saturated carbocycles. The second-order valence-electron chi connectivity index (χ2n) is 6.08. The summed E-state index contributed by atoms with van der Waals surface area (Å²) in [5.74, 6) is 0.568. The molecule has 1 fully saturated rings. The maximum atomic E-state index is 12.2. The highest BCUT2D eigenvalue weighted by Crippen LogP contribution is 2.20. The molecule has 5 nitrogen and oxygen atoms in total. The number of β-amino-alcohol motifs (C(OH)–C–C–N with tert-alkyl or cyclic N) is 1. The number of hydrogen-bond donors (Lipinski definition) is 3. The third-order valence-electron chi connectivity index (χ3n) is 4.18. The lowest BCUT2D eigenvalue weighted by molar-refractivity contribution is -0.117. The average Bonchev–Trinajstić information content (AvgIpc) is 3.01. The minimum absolute atomic E-state index is 0. The fraction of sp³-hybridized carbons (Fsp3) is 0.316. The number of aryl methyl sites for hydroxylation is 1. The number of rotatable bonds is 5. The Hall–Kier alpha value is -2.08. The summed E-state index contributed by atoms with van der Waals surface area (Å²) in [6.45, 7) is 3.00. The molecule has 0 bridgehead atoms. The Morgan fingerprint density at radius 3 is 2.80 bits per heavy atom. The number of aliphatic hydroxyl groups is 1. The van der Waals surface area contributed by atoms with Crippen molar-refractivity contribution in [1.82, 2.24) is 5.32 Å². The van der Waals surface area contributed by atoms with Crippen LogP contribution in [0.2, 0.25) is 0 Å². The topological polar surface area (TPSA) is 70.6 Å². The molecule has 1 heterocycles. The van der Waals surface area contributed by atoms with Crippen molar-refractivity contribution in [3.8, 4) is 5.75 Å². The second kappa shape index (κ2) is 8.85. The fourth-order valence-corrected chi connectivity index (χ4v) is 2.74. The van der Waals surface area contributed by atoms with Crippen molar-refractivity contribution in [2.75, 3.05) is 11.9 Å². The molecule has 3 N–H and O–H groups in total. The standard InChI is InChI=1S/C19H22N2O3.ClH/c1-13-5-2-3-6-14(13)12-24-17-8-4-7-15(9-17)21-19(23)18-10-16(22)11-20-18;/h2-9,16,18,20,22H,10-12H2,1H3,(H,21,23);1H. The SMILES string of the molecule is Cc1ccccc1COc1cccc(NC(=O)C2CC(O)CN2)c1.Cl. The first kappa shape index (κ1) is 19.2. The highest BCUT2D eigenvalue weighted by molar-refractivity contribution is 5.95. The van der Waals surface area contributed by atoms with Crippen molar-refractivity contribution in [3.05, 3.63) is 59.7 Å². The first-order valence-corrected chi connectivity index (χ1v) is 8.11. The number of anilines is 1. The minimum Gasteiger partial charge on any atom is -0.489 e. The summed E-state index contributed by atoms with van der Waals surface area (Å²) in [5.41, 5.74) is 3.01. The molecule has 3 rings (SSSR count). The smallest absolute Gasteiger partial charge is 0.241 e. The third-order valence-corrected chi connectivity index (χ3v) is 4.18. The van der Waals surface area contributed by atoms with Gasteiger partial charge in [0.15, 0.2) is 0 Å². The summed E-state index contributed by atoms with van der Waals surface area (Å²) in [6, 6.07) is 15.1. The van der Waals surface area contributed by atoms with Crippen molar-refractivity contribution in [3.63, 3.8) is 0 Å². The van der Waals surface area contributed by atoms with Crippen LogP contribution in [0.5, 0.6) is 5.75 Å². The predicted molar refractivity (Wildman–Crippen MR) is 100 cm³/mol. The largest absolute Gasteiger partial charge is 0.489 e. The Morgan fingerprint density at radius 1 is 1.28 bits per heavy atom. The number of hydrogen-bond acceptors (Lipinski definition) is 4. The lowest BCUT2D eigenvalue weighted by Gasteiger charge is -2.13. The number of aliphatic hydroxyl groups excluding tert-OH is 1. The van der Waals surface area contributed by atoms with E-state index >= 15 is 0 Å². The number of halogens is 1. The van der Waals surface area contributed by atoms with Crippen molar-refractivity contribution < 1.29 is 14.6 Å². The number of amides is 1. The first-order chi connectivity index (χ1) is 11.6. The molecule has 6 heteroatoms. The first-order valence-electron chi connectivity index (χ1n) is 8.11. The summed E-state index contributed by atoms with van der Waals surface area (Å²) in [4.78, 5) is 12.2. The summed E-state index contributed by atoms with van der Waals surface area (Å²) >= 11 is 0. The van der Waals surface area contributed by atoms with E-state index in [1.807, 2.05) is 42.5 Å². The van der Waals surface area contributed by atoms with E-state index in [2.05, 4.69) is 23.6 Å². The van der Waals surface area contributed by atoms with Gasteiger partial charge in [-0.3, -0.25) is 4.79 Å². The van der Waals surface area contributed by atoms with Gasteiger partial charge in [0.25, 0.3) is 0 Å². The van der Waals surface area contributed by atoms with Gasteiger partial charge in [0.2, 0.25) is 5.91 Å². The second-order valence-corrected chi connectivity index (χ2v) is 6.08. The quantitative estimate of drug-likeness (QED) is 0.764. The average molecular weight is 363 g/mol. The van der Waals surface area contributed by atoms with Crippen molar-refractivity contribution in [1.29, 1.82) is 0 Å². The molecule has 1 aliphatic heterocycles. The Labute approximate surface area is 153 Å². The summed E-state index contributed by atoms with van der Waals surface area (Å²) < 4.78 is 5.83. The van der Waals surface area contributed by atoms with Crippen molar-refractivity contribution in [2.24, 2.45) is 0 Å². The van der Waals surface area contributed by atoms with Gasteiger partial charge in [-0.1, -0.05) is 30.3 Å². The lowest BCUT2D eigenvalue weighted by Crippen LogP contribution is -2.35. The third kappa shape index (κ3) is 5.19. The van der Waals surface area contributed by atoms with Crippen LogP contribution in [0.25, 0.3) is 0 Å². The molecule has 2 unspecified atom stereocenters. The molecule has 1 amide bonds. The van der Waals surface area contributed by atoms with Crippen LogP contribution in [0.4, 0.5) is 5.69 Å². The van der Waals surface area contributed by atoms with E-state index in [0.717, 1.165) is 5.56 Å². The number of carbonyl (C=O) groups is 1. The zero-order chi connectivity index (χ0) is 16.9. The summed E-state index contributed by atoms with van der Waals surface area (Å²) in [7, 11) is 0. The zero-order valence-electron chi connectivity index (χ0n) is 14.1. The molecule has 25 heavy (non-hydrogen) atoms. The van der Waals surface area contributed by atoms with Crippen molar-refractivity contribution >= 4 is 24.0 Å². The lowest BCUT2D eigenvalue weighted by atomic mass is 10.1. The van der Waals surface area contributed by atoms with E-state index in [0.29, 0.717) is 31.0 Å². The van der Waals surface area contributed by atoms with Gasteiger partial charge in [0.1, 0.15) is 12.4 Å². The molecule has 0 spiro atoms. The predicted octanol–water partition coefficient (Wildman–Crippen LogP) is 2.66. The Balaban J connectivity index is 0.00000225. The van der Waals surface area contributed by atoms with E-state index in [1.165, 1.54) is 5.56 Å². The number of ether oxygens (including phenoxy) is 1. The van der Waals surface area contributed by atoms with Gasteiger partial charge in [-0.2, -0.15) is 0 Å². The summed E-state index contributed by atoms with van der Waals surface area (Å²) in [6.07, 6.45) is -0.0143. The van der Waals surface area contributed by atoms with Crippen LogP contribution in [-0.4, -0.2) is 29.7 Å². The van der Waals surface area contributed by atoms with Gasteiger partial charge in [0, 0.05) is 18.3 Å². The molecular formula is C19H23ClN2O3. The Kier molecular flexibility index (Phi) is 6.82. The van der Waals surface area contributed by atoms with Gasteiger partial charge >= 0.3 is 0 Å². The van der Waals surface area contributed by atoms with E-state index in [-0.39, 0.29) is 24.4 Å². The molecule has 0 aromatic heterocycles. The van der Waals surface area contributed by atoms with Crippen LogP contribution < -0.4 is 15.4 Å². The van der Waals surface area contributed by atoms with Crippen LogP contribution in [0.3, 0.4) is 0 Å². The summed E-state index contributed by atoms with van der Waals surface area (Å²) in [5, 5.41) is 15.4. The zero-order valence-corrected chi connectivity index (χ0v) is 14.9. The normalized spacial score (nSPS) is 19.1. The van der Waals surface area contributed by atoms with E-state index in [9.17, 15) is 9.90 Å². The van der Waals surface area contributed by atoms with Gasteiger partial charge in [-0.25, -0.2) is 0 Å². The number of nitrogens with one attached hydrogen (secondary N) is 2. The van der Waals surface area contributed by atoms with Gasteiger partial charge in [0.05, 0.1) is 12.1 Å². The number of carbonyl (C=O) groups excluding carboxylic acids is 1. The molecule has 2 aromatic carbocycles. The highest BCUT2D eigenvalue weighted by Gasteiger charge is 2.27. The molecule has 0 aliphatic carbocycles. The van der Waals surface area contributed by atoms with Crippen LogP contribution in [0, 0.1) is 6.92 Å². The van der Waals surface area contributed by atoms with Crippen LogP contribution >= 0.6 is 12.4 Å². The van der Waals surface area contributed by atoms with Crippen LogP contribution in [0.15, 0.2) is 48.5 Å². The minimum atomic E-state index is -0.454. The molecule has 134 valence electrons. The highest BCUT2D eigenvalue weighted by atomic mass is 35.5. The monoisotopic (exact) mass is 362 g/mol. The molecule has 0 radical (unpaired) electrons. The molecular weight excluding hydrogens is 340 g/mol. The van der Waals surface area contributed by atoms with Crippen LogP contribution in [-0.2, 0) is 11.4 Å². The molecule has 2 atom stereocenters. The van der Waals surface area contributed by atoms with E-state index < -0.39 is 6.10 Å². The van der Waals surface area contributed by atoms with E-state index in [4.69, 9.17) is 4.74 Å². The molecule has 1 aliphatic rings. The number of benzene rings is 2. The van der Waals surface area contributed by atoms with Gasteiger partial charge < -0.3 is 20.5 Å². The molecule has 1 saturated heterocycles. The fourth-order valence-electron chi connectivity index (χ4n) is 2.74. The Bertz CT molecular complexity index is 723. The van der Waals surface area contributed by atoms with Gasteiger partial charge in [-0.15, -0.1) is 12.4 Å². The Morgan fingerprint density at radius 2 is 2.08 bits per heavy atom. The van der Waals surface area contributed by atoms with Crippen LogP contribution in [0.1, 0.15) is 17.5 Å². The molecule has 2 aromatic rings. The van der Waals surface area contributed by atoms with Gasteiger partial charge in [-0.05, 0) is 36.6 Å². The van der Waals surface area contributed by atoms with Crippen molar-refractivity contribution in [2.45, 2.75) is 32.1 Å². The van der Waals surface area contributed by atoms with E-state index in [1.54, 1.807) is 0 Å².